The largest absolute Gasteiger partial charge is 0.497 e. The lowest BCUT2D eigenvalue weighted by Gasteiger charge is -2.22. The average molecular weight is 252 g/mol. The van der Waals surface area contributed by atoms with Crippen molar-refractivity contribution < 1.29 is 14.3 Å². The van der Waals surface area contributed by atoms with Gasteiger partial charge in [-0.2, -0.15) is 0 Å². The fourth-order valence-corrected chi connectivity index (χ4v) is 1.56. The van der Waals surface area contributed by atoms with Gasteiger partial charge in [-0.3, -0.25) is 0 Å². The molecule has 0 saturated heterocycles. The fourth-order valence-electron chi connectivity index (χ4n) is 1.56. The van der Waals surface area contributed by atoms with Crippen LogP contribution in [-0.4, -0.2) is 45.3 Å². The summed E-state index contributed by atoms with van der Waals surface area (Å²) in [6, 6.07) is 7.55. The Hall–Kier alpha value is -1.75. The van der Waals surface area contributed by atoms with Crippen LogP contribution in [0.25, 0.3) is 0 Å². The summed E-state index contributed by atoms with van der Waals surface area (Å²) in [6.07, 6.45) is 0. The summed E-state index contributed by atoms with van der Waals surface area (Å²) < 4.78 is 10.1. The van der Waals surface area contributed by atoms with Gasteiger partial charge in [-0.25, -0.2) is 4.79 Å². The highest BCUT2D eigenvalue weighted by molar-refractivity contribution is 5.73. The van der Waals surface area contributed by atoms with Gasteiger partial charge < -0.3 is 19.7 Å². The Kier molecular flexibility index (Phi) is 6.00. The number of rotatable bonds is 6. The van der Waals surface area contributed by atoms with Gasteiger partial charge in [-0.05, 0) is 17.7 Å². The zero-order chi connectivity index (χ0) is 13.4. The minimum atomic E-state index is -0.108. The standard InChI is InChI=1S/C13H20N2O3/c1-14-13(16)15(8-9-17-2)10-11-4-6-12(18-3)7-5-11/h4-7H,8-10H2,1-3H3,(H,14,16). The predicted molar refractivity (Wildman–Crippen MR) is 69.7 cm³/mol. The van der Waals surface area contributed by atoms with Crippen LogP contribution < -0.4 is 10.1 Å². The lowest BCUT2D eigenvalue weighted by Crippen LogP contribution is -2.39. The Morgan fingerprint density at radius 3 is 2.44 bits per heavy atom. The monoisotopic (exact) mass is 252 g/mol. The van der Waals surface area contributed by atoms with Crippen LogP contribution in [-0.2, 0) is 11.3 Å². The van der Waals surface area contributed by atoms with Gasteiger partial charge in [0.15, 0.2) is 0 Å². The van der Waals surface area contributed by atoms with E-state index in [0.717, 1.165) is 11.3 Å². The summed E-state index contributed by atoms with van der Waals surface area (Å²) in [6.45, 7) is 1.62. The summed E-state index contributed by atoms with van der Waals surface area (Å²) >= 11 is 0. The molecule has 0 heterocycles. The van der Waals surface area contributed by atoms with Gasteiger partial charge in [0.05, 0.1) is 13.7 Å². The summed E-state index contributed by atoms with van der Waals surface area (Å²) in [5.74, 6) is 0.808. The van der Waals surface area contributed by atoms with E-state index < -0.39 is 0 Å². The van der Waals surface area contributed by atoms with Crippen molar-refractivity contribution in [1.82, 2.24) is 10.2 Å². The molecule has 0 saturated carbocycles. The van der Waals surface area contributed by atoms with Gasteiger partial charge in [0, 0.05) is 27.2 Å². The van der Waals surface area contributed by atoms with E-state index in [2.05, 4.69) is 5.32 Å². The quantitative estimate of drug-likeness (QED) is 0.834. The second kappa shape index (κ2) is 7.55. The number of benzene rings is 1. The van der Waals surface area contributed by atoms with Crippen molar-refractivity contribution in [3.63, 3.8) is 0 Å². The molecule has 0 radical (unpaired) electrons. The maximum absolute atomic E-state index is 11.7. The Morgan fingerprint density at radius 1 is 1.28 bits per heavy atom. The molecule has 5 nitrogen and oxygen atoms in total. The molecule has 18 heavy (non-hydrogen) atoms. The lowest BCUT2D eigenvalue weighted by molar-refractivity contribution is 0.147. The van der Waals surface area contributed by atoms with Crippen LogP contribution in [0.2, 0.25) is 0 Å². The van der Waals surface area contributed by atoms with E-state index in [1.165, 1.54) is 0 Å². The number of carbonyl (C=O) groups is 1. The highest BCUT2D eigenvalue weighted by Crippen LogP contribution is 2.13. The Balaban J connectivity index is 2.65. The van der Waals surface area contributed by atoms with Crippen molar-refractivity contribution in [1.29, 1.82) is 0 Å². The van der Waals surface area contributed by atoms with E-state index in [9.17, 15) is 4.79 Å². The third-order valence-electron chi connectivity index (χ3n) is 2.60. The van der Waals surface area contributed by atoms with Crippen molar-refractivity contribution >= 4 is 6.03 Å². The number of methoxy groups -OCH3 is 2. The summed E-state index contributed by atoms with van der Waals surface area (Å²) in [4.78, 5) is 13.4. The number of nitrogens with one attached hydrogen (secondary N) is 1. The van der Waals surface area contributed by atoms with Crippen molar-refractivity contribution in [2.75, 3.05) is 34.4 Å². The number of nitrogens with zero attached hydrogens (tertiary/aromatic N) is 1. The lowest BCUT2D eigenvalue weighted by atomic mass is 10.2. The maximum Gasteiger partial charge on any atom is 0.317 e. The molecule has 5 heteroatoms. The van der Waals surface area contributed by atoms with E-state index in [-0.39, 0.29) is 6.03 Å². The van der Waals surface area contributed by atoms with E-state index in [0.29, 0.717) is 19.7 Å². The van der Waals surface area contributed by atoms with Crippen LogP contribution in [0, 0.1) is 0 Å². The number of amides is 2. The van der Waals surface area contributed by atoms with E-state index in [1.807, 2.05) is 24.3 Å². The number of urea groups is 1. The van der Waals surface area contributed by atoms with E-state index in [1.54, 1.807) is 26.2 Å². The fraction of sp³-hybridized carbons (Fsp3) is 0.462. The molecule has 0 atom stereocenters. The van der Waals surface area contributed by atoms with Gasteiger partial charge >= 0.3 is 6.03 Å². The van der Waals surface area contributed by atoms with Crippen LogP contribution >= 0.6 is 0 Å². The molecule has 1 N–H and O–H groups in total. The maximum atomic E-state index is 11.7. The molecule has 0 aliphatic heterocycles. The molecule has 0 bridgehead atoms. The molecule has 0 spiro atoms. The highest BCUT2D eigenvalue weighted by Gasteiger charge is 2.11. The van der Waals surface area contributed by atoms with Crippen LogP contribution in [0.5, 0.6) is 5.75 Å². The predicted octanol–water partition coefficient (Wildman–Crippen LogP) is 1.48. The first-order valence-electron chi connectivity index (χ1n) is 5.79. The molecule has 0 aliphatic rings. The molecule has 2 amide bonds. The first-order valence-corrected chi connectivity index (χ1v) is 5.79. The van der Waals surface area contributed by atoms with Crippen molar-refractivity contribution in [2.45, 2.75) is 6.54 Å². The number of carbonyl (C=O) groups excluding carboxylic acids is 1. The van der Waals surface area contributed by atoms with Crippen LogP contribution in [0.4, 0.5) is 4.79 Å². The SMILES string of the molecule is CNC(=O)N(CCOC)Cc1ccc(OC)cc1. The normalized spacial score (nSPS) is 9.94. The third-order valence-corrected chi connectivity index (χ3v) is 2.60. The molecule has 100 valence electrons. The van der Waals surface area contributed by atoms with Crippen molar-refractivity contribution in [2.24, 2.45) is 0 Å². The Morgan fingerprint density at radius 2 is 1.94 bits per heavy atom. The average Bonchev–Trinajstić information content (AvgIpc) is 2.43. The van der Waals surface area contributed by atoms with Crippen LogP contribution in [0.15, 0.2) is 24.3 Å². The van der Waals surface area contributed by atoms with Gasteiger partial charge in [0.2, 0.25) is 0 Å². The topological polar surface area (TPSA) is 50.8 Å². The number of hydrogen-bond donors (Lipinski definition) is 1. The summed E-state index contributed by atoms with van der Waals surface area (Å²) in [5.41, 5.74) is 1.05. The number of hydrogen-bond acceptors (Lipinski definition) is 3. The molecule has 0 fully saturated rings. The second-order valence-electron chi connectivity index (χ2n) is 3.82. The van der Waals surface area contributed by atoms with Crippen molar-refractivity contribution in [3.8, 4) is 5.75 Å². The number of ether oxygens (including phenoxy) is 2. The smallest absolute Gasteiger partial charge is 0.317 e. The molecular weight excluding hydrogens is 232 g/mol. The van der Waals surface area contributed by atoms with E-state index >= 15 is 0 Å². The highest BCUT2D eigenvalue weighted by atomic mass is 16.5. The Labute approximate surface area is 108 Å². The molecule has 1 rings (SSSR count). The Bertz CT molecular complexity index is 365. The zero-order valence-corrected chi connectivity index (χ0v) is 11.1. The molecule has 0 aromatic heterocycles. The minimum absolute atomic E-state index is 0.108. The first-order chi connectivity index (χ1) is 8.71. The molecule has 1 aromatic carbocycles. The third kappa shape index (κ3) is 4.25. The summed E-state index contributed by atoms with van der Waals surface area (Å²) in [5, 5.41) is 2.62. The molecular formula is C13H20N2O3. The van der Waals surface area contributed by atoms with Gasteiger partial charge in [-0.1, -0.05) is 12.1 Å². The van der Waals surface area contributed by atoms with Gasteiger partial charge in [0.25, 0.3) is 0 Å². The molecule has 0 unspecified atom stereocenters. The van der Waals surface area contributed by atoms with E-state index in [4.69, 9.17) is 9.47 Å². The van der Waals surface area contributed by atoms with Crippen molar-refractivity contribution in [3.05, 3.63) is 29.8 Å². The molecule has 1 aromatic rings. The van der Waals surface area contributed by atoms with Crippen LogP contribution in [0.3, 0.4) is 0 Å². The first kappa shape index (κ1) is 14.3. The van der Waals surface area contributed by atoms with Crippen LogP contribution in [0.1, 0.15) is 5.56 Å². The second-order valence-corrected chi connectivity index (χ2v) is 3.82. The zero-order valence-electron chi connectivity index (χ0n) is 11.1. The van der Waals surface area contributed by atoms with Gasteiger partial charge in [-0.15, -0.1) is 0 Å². The molecule has 0 aliphatic carbocycles. The minimum Gasteiger partial charge on any atom is -0.497 e. The van der Waals surface area contributed by atoms with Gasteiger partial charge in [0.1, 0.15) is 5.75 Å². The summed E-state index contributed by atoms with van der Waals surface area (Å²) in [7, 11) is 4.87.